The fourth-order valence-corrected chi connectivity index (χ4v) is 4.11. The molecule has 0 aliphatic heterocycles. The molecule has 0 fully saturated rings. The van der Waals surface area contributed by atoms with Gasteiger partial charge in [-0.2, -0.15) is 0 Å². The molecular weight excluding hydrogens is 528 g/mol. The van der Waals surface area contributed by atoms with Crippen LogP contribution in [0.4, 0.5) is 0 Å². The normalized spacial score (nSPS) is 11.6. The van der Waals surface area contributed by atoms with Crippen molar-refractivity contribution >= 4 is 33.7 Å². The monoisotopic (exact) mass is 556 g/mol. The van der Waals surface area contributed by atoms with E-state index >= 15 is 0 Å². The second-order valence-corrected chi connectivity index (χ2v) is 9.41. The van der Waals surface area contributed by atoms with Crippen LogP contribution in [0.5, 0.6) is 0 Å². The van der Waals surface area contributed by atoms with Crippen molar-refractivity contribution in [3.63, 3.8) is 0 Å². The smallest absolute Gasteiger partial charge is 0.335 e. The number of carboxylic acids is 1. The zero-order chi connectivity index (χ0) is 26.1. The lowest BCUT2D eigenvalue weighted by atomic mass is 10.0. The zero-order valence-corrected chi connectivity index (χ0v) is 21.5. The van der Waals surface area contributed by atoms with Crippen molar-refractivity contribution in [3.8, 4) is 0 Å². The van der Waals surface area contributed by atoms with Crippen molar-refractivity contribution in [1.82, 2.24) is 20.3 Å². The van der Waals surface area contributed by atoms with E-state index in [0.29, 0.717) is 25.1 Å². The number of hydrogen-bond acceptors (Lipinski definition) is 5. The highest BCUT2D eigenvalue weighted by Gasteiger charge is 2.22. The molecule has 0 saturated carbocycles. The molecule has 2 aromatic carbocycles. The molecule has 3 aromatic rings. The summed E-state index contributed by atoms with van der Waals surface area (Å²) in [4.78, 5) is 40.9. The maximum absolute atomic E-state index is 13.4. The Balaban J connectivity index is 1.85. The van der Waals surface area contributed by atoms with Crippen LogP contribution in [0.15, 0.2) is 59.2 Å². The van der Waals surface area contributed by atoms with Crippen molar-refractivity contribution in [2.45, 2.75) is 51.6 Å². The van der Waals surface area contributed by atoms with Crippen LogP contribution >= 0.6 is 15.9 Å². The SMILES string of the molecule is CCCCc1ncc(C(=O)N[C@@H](CC(=O)NO)Cc2ccc(Br)cc2)n1Cc1ccc(C(=O)O)cc1. The van der Waals surface area contributed by atoms with Crippen molar-refractivity contribution in [1.29, 1.82) is 0 Å². The number of nitrogens with one attached hydrogen (secondary N) is 2. The Morgan fingerprint density at radius 2 is 1.72 bits per heavy atom. The molecule has 2 amide bonds. The molecule has 4 N–H and O–H groups in total. The molecule has 10 heteroatoms. The first-order valence-electron chi connectivity index (χ1n) is 11.7. The van der Waals surface area contributed by atoms with Crippen LogP contribution in [0, 0.1) is 0 Å². The summed E-state index contributed by atoms with van der Waals surface area (Å²) < 4.78 is 2.74. The minimum absolute atomic E-state index is 0.105. The number of hydroxylamine groups is 1. The van der Waals surface area contributed by atoms with Gasteiger partial charge in [-0.15, -0.1) is 0 Å². The van der Waals surface area contributed by atoms with Gasteiger partial charge in [-0.25, -0.2) is 15.3 Å². The number of carbonyl (C=O) groups is 3. The molecule has 0 spiro atoms. The second kappa shape index (κ2) is 13.0. The summed E-state index contributed by atoms with van der Waals surface area (Å²) in [6.45, 7) is 2.42. The number of unbranched alkanes of at least 4 members (excludes halogenated alkanes) is 1. The minimum atomic E-state index is -1.00. The average molecular weight is 557 g/mol. The zero-order valence-electron chi connectivity index (χ0n) is 19.9. The first-order chi connectivity index (χ1) is 17.3. The van der Waals surface area contributed by atoms with E-state index in [0.717, 1.165) is 34.3 Å². The third-order valence-electron chi connectivity index (χ3n) is 5.75. The van der Waals surface area contributed by atoms with E-state index < -0.39 is 17.9 Å². The fourth-order valence-electron chi connectivity index (χ4n) is 3.85. The number of aryl methyl sites for hydroxylation is 1. The molecule has 190 valence electrons. The largest absolute Gasteiger partial charge is 0.478 e. The molecule has 1 aromatic heterocycles. The first kappa shape index (κ1) is 27.1. The number of rotatable bonds is 12. The Morgan fingerprint density at radius 1 is 1.06 bits per heavy atom. The van der Waals surface area contributed by atoms with Gasteiger partial charge in [-0.3, -0.25) is 14.8 Å². The third kappa shape index (κ3) is 7.50. The first-order valence-corrected chi connectivity index (χ1v) is 12.4. The Bertz CT molecular complexity index is 1190. The van der Waals surface area contributed by atoms with Gasteiger partial charge in [-0.05, 0) is 48.2 Å². The van der Waals surface area contributed by atoms with E-state index in [1.165, 1.54) is 18.3 Å². The van der Waals surface area contributed by atoms with Gasteiger partial charge >= 0.3 is 5.97 Å². The minimum Gasteiger partial charge on any atom is -0.478 e. The van der Waals surface area contributed by atoms with Crippen molar-refractivity contribution in [3.05, 3.63) is 87.4 Å². The van der Waals surface area contributed by atoms with Crippen LogP contribution in [0.1, 0.15) is 64.0 Å². The molecule has 1 atom stereocenters. The molecule has 0 radical (unpaired) electrons. The highest BCUT2D eigenvalue weighted by Crippen LogP contribution is 2.16. The molecule has 36 heavy (non-hydrogen) atoms. The lowest BCUT2D eigenvalue weighted by molar-refractivity contribution is -0.129. The van der Waals surface area contributed by atoms with Crippen LogP contribution < -0.4 is 10.8 Å². The number of imidazole rings is 1. The predicted octanol–water partition coefficient (Wildman–Crippen LogP) is 3.97. The molecule has 0 unspecified atom stereocenters. The molecule has 9 nitrogen and oxygen atoms in total. The van der Waals surface area contributed by atoms with E-state index in [-0.39, 0.29) is 17.9 Å². The lowest BCUT2D eigenvalue weighted by Gasteiger charge is -2.19. The standard InChI is InChI=1S/C26H29BrN4O5/c1-2-3-4-23-28-15-22(31(23)16-18-5-9-19(10-6-18)26(34)35)25(33)29-21(14-24(32)30-36)13-17-7-11-20(27)12-8-17/h5-12,15,21,36H,2-4,13-14,16H2,1H3,(H,29,33)(H,30,32)(H,34,35)/t21-/m1/s1. The van der Waals surface area contributed by atoms with Crippen molar-refractivity contribution in [2.75, 3.05) is 0 Å². The third-order valence-corrected chi connectivity index (χ3v) is 6.28. The second-order valence-electron chi connectivity index (χ2n) is 8.49. The molecular formula is C26H29BrN4O5. The number of hydrogen-bond donors (Lipinski definition) is 4. The van der Waals surface area contributed by atoms with E-state index in [1.807, 2.05) is 28.8 Å². The predicted molar refractivity (Wildman–Crippen MR) is 137 cm³/mol. The lowest BCUT2D eigenvalue weighted by Crippen LogP contribution is -2.41. The Morgan fingerprint density at radius 3 is 2.33 bits per heavy atom. The maximum atomic E-state index is 13.4. The molecule has 1 heterocycles. The van der Waals surface area contributed by atoms with Gasteiger partial charge in [-0.1, -0.05) is 53.5 Å². The number of nitrogens with zero attached hydrogens (tertiary/aromatic N) is 2. The van der Waals surface area contributed by atoms with Gasteiger partial charge in [0.2, 0.25) is 5.91 Å². The Hall–Kier alpha value is -3.50. The van der Waals surface area contributed by atoms with E-state index in [9.17, 15) is 14.4 Å². The number of aromatic carboxylic acids is 1. The number of amides is 2. The Labute approximate surface area is 217 Å². The van der Waals surface area contributed by atoms with Gasteiger partial charge in [0, 0.05) is 29.9 Å². The van der Waals surface area contributed by atoms with E-state index in [2.05, 4.69) is 33.2 Å². The summed E-state index contributed by atoms with van der Waals surface area (Å²) in [6.07, 6.45) is 4.36. The number of aromatic nitrogens is 2. The van der Waals surface area contributed by atoms with E-state index in [4.69, 9.17) is 10.3 Å². The van der Waals surface area contributed by atoms with Crippen LogP contribution in [0.3, 0.4) is 0 Å². The summed E-state index contributed by atoms with van der Waals surface area (Å²) in [5.74, 6) is -1.24. The van der Waals surface area contributed by atoms with Gasteiger partial charge < -0.3 is 15.0 Å². The number of carboxylic acid groups (broad SMARTS) is 1. The Kier molecular flexibility index (Phi) is 9.77. The van der Waals surface area contributed by atoms with Crippen molar-refractivity contribution in [2.24, 2.45) is 0 Å². The summed E-state index contributed by atoms with van der Waals surface area (Å²) in [6, 6.07) is 13.5. The highest BCUT2D eigenvalue weighted by molar-refractivity contribution is 9.10. The van der Waals surface area contributed by atoms with Crippen molar-refractivity contribution < 1.29 is 24.7 Å². The summed E-state index contributed by atoms with van der Waals surface area (Å²) in [5.41, 5.74) is 3.91. The summed E-state index contributed by atoms with van der Waals surface area (Å²) in [7, 11) is 0. The topological polar surface area (TPSA) is 134 Å². The fraction of sp³-hybridized carbons (Fsp3) is 0.308. The van der Waals surface area contributed by atoms with Crippen LogP contribution in [0.2, 0.25) is 0 Å². The number of carbonyl (C=O) groups excluding carboxylic acids is 2. The summed E-state index contributed by atoms with van der Waals surface area (Å²) in [5, 5.41) is 21.1. The molecule has 0 bridgehead atoms. The maximum Gasteiger partial charge on any atom is 0.335 e. The van der Waals surface area contributed by atoms with E-state index in [1.54, 1.807) is 17.6 Å². The van der Waals surface area contributed by atoms with Crippen LogP contribution in [-0.2, 0) is 24.2 Å². The van der Waals surface area contributed by atoms with Gasteiger partial charge in [0.1, 0.15) is 11.5 Å². The number of benzene rings is 2. The number of halogens is 1. The molecule has 0 aliphatic rings. The van der Waals surface area contributed by atoms with Crippen LogP contribution in [0.25, 0.3) is 0 Å². The molecule has 3 rings (SSSR count). The molecule has 0 saturated heterocycles. The average Bonchev–Trinajstić information content (AvgIpc) is 3.26. The van der Waals surface area contributed by atoms with Crippen LogP contribution in [-0.4, -0.2) is 43.7 Å². The quantitative estimate of drug-likeness (QED) is 0.197. The highest BCUT2D eigenvalue weighted by atomic mass is 79.9. The van der Waals surface area contributed by atoms with Gasteiger partial charge in [0.25, 0.3) is 5.91 Å². The van der Waals surface area contributed by atoms with Gasteiger partial charge in [0.05, 0.1) is 11.8 Å². The molecule has 0 aliphatic carbocycles. The van der Waals surface area contributed by atoms with Gasteiger partial charge in [0.15, 0.2) is 0 Å². The summed E-state index contributed by atoms with van der Waals surface area (Å²) >= 11 is 3.39.